The van der Waals surface area contributed by atoms with Gasteiger partial charge in [0, 0.05) is 0 Å². The molecule has 1 atom stereocenters. The highest BCUT2D eigenvalue weighted by molar-refractivity contribution is 9.10. The Morgan fingerprint density at radius 2 is 2.17 bits per heavy atom. The SMILES string of the molecule is COc1ccc(C(NN)c2ccc(Br)o2)cc1F. The van der Waals surface area contributed by atoms with Crippen molar-refractivity contribution >= 4 is 15.9 Å². The lowest BCUT2D eigenvalue weighted by Gasteiger charge is -2.14. The molecule has 1 heterocycles. The topological polar surface area (TPSA) is 60.4 Å². The summed E-state index contributed by atoms with van der Waals surface area (Å²) in [5, 5.41) is 0. The lowest BCUT2D eigenvalue weighted by Crippen LogP contribution is -2.28. The Morgan fingerprint density at radius 3 is 2.67 bits per heavy atom. The first-order valence-electron chi connectivity index (χ1n) is 5.20. The van der Waals surface area contributed by atoms with E-state index in [0.29, 0.717) is 16.0 Å². The summed E-state index contributed by atoms with van der Waals surface area (Å²) in [7, 11) is 1.42. The van der Waals surface area contributed by atoms with Crippen LogP contribution in [0.15, 0.2) is 39.4 Å². The summed E-state index contributed by atoms with van der Waals surface area (Å²) in [5.74, 6) is 5.83. The van der Waals surface area contributed by atoms with Gasteiger partial charge in [0.05, 0.1) is 7.11 Å². The largest absolute Gasteiger partial charge is 0.494 e. The molecule has 0 aliphatic carbocycles. The van der Waals surface area contributed by atoms with E-state index in [1.165, 1.54) is 13.2 Å². The van der Waals surface area contributed by atoms with Gasteiger partial charge in [0.2, 0.25) is 0 Å². The van der Waals surface area contributed by atoms with E-state index in [1.807, 2.05) is 0 Å². The van der Waals surface area contributed by atoms with Crippen LogP contribution in [-0.2, 0) is 0 Å². The number of methoxy groups -OCH3 is 1. The molecule has 0 radical (unpaired) electrons. The van der Waals surface area contributed by atoms with E-state index in [4.69, 9.17) is 15.0 Å². The fourth-order valence-corrected chi connectivity index (χ4v) is 2.01. The number of benzene rings is 1. The highest BCUT2D eigenvalue weighted by atomic mass is 79.9. The summed E-state index contributed by atoms with van der Waals surface area (Å²) in [6, 6.07) is 7.73. The van der Waals surface area contributed by atoms with Crippen molar-refractivity contribution in [3.63, 3.8) is 0 Å². The molecule has 0 aliphatic heterocycles. The van der Waals surface area contributed by atoms with Gasteiger partial charge in [0.15, 0.2) is 16.2 Å². The summed E-state index contributed by atoms with van der Waals surface area (Å²) in [5.41, 5.74) is 3.24. The van der Waals surface area contributed by atoms with Gasteiger partial charge in [-0.05, 0) is 45.8 Å². The van der Waals surface area contributed by atoms with Crippen molar-refractivity contribution < 1.29 is 13.5 Å². The van der Waals surface area contributed by atoms with Gasteiger partial charge in [-0.1, -0.05) is 6.07 Å². The van der Waals surface area contributed by atoms with E-state index in [0.717, 1.165) is 0 Å². The summed E-state index contributed by atoms with van der Waals surface area (Å²) in [6.07, 6.45) is 0. The number of ether oxygens (including phenoxy) is 1. The second-order valence-corrected chi connectivity index (χ2v) is 4.42. The Labute approximate surface area is 112 Å². The molecule has 0 amide bonds. The molecule has 0 bridgehead atoms. The molecule has 1 unspecified atom stereocenters. The molecular formula is C12H12BrFN2O2. The van der Waals surface area contributed by atoms with Gasteiger partial charge in [-0.15, -0.1) is 0 Å². The zero-order valence-corrected chi connectivity index (χ0v) is 11.2. The molecule has 4 nitrogen and oxygen atoms in total. The van der Waals surface area contributed by atoms with Gasteiger partial charge >= 0.3 is 0 Å². The third-order valence-electron chi connectivity index (χ3n) is 2.55. The van der Waals surface area contributed by atoms with Gasteiger partial charge in [-0.2, -0.15) is 0 Å². The Balaban J connectivity index is 2.36. The van der Waals surface area contributed by atoms with E-state index in [-0.39, 0.29) is 5.75 Å². The summed E-state index contributed by atoms with van der Waals surface area (Å²) >= 11 is 3.21. The van der Waals surface area contributed by atoms with Crippen LogP contribution in [0.4, 0.5) is 4.39 Å². The van der Waals surface area contributed by atoms with E-state index < -0.39 is 11.9 Å². The molecule has 0 spiro atoms. The quantitative estimate of drug-likeness (QED) is 0.673. The van der Waals surface area contributed by atoms with Crippen LogP contribution in [0.5, 0.6) is 5.75 Å². The Hall–Kier alpha value is -1.37. The third-order valence-corrected chi connectivity index (χ3v) is 2.98. The smallest absolute Gasteiger partial charge is 0.169 e. The van der Waals surface area contributed by atoms with Crippen LogP contribution in [0.3, 0.4) is 0 Å². The minimum absolute atomic E-state index is 0.190. The molecule has 3 N–H and O–H groups in total. The van der Waals surface area contributed by atoms with E-state index in [2.05, 4.69) is 21.4 Å². The molecule has 6 heteroatoms. The fourth-order valence-electron chi connectivity index (χ4n) is 1.69. The van der Waals surface area contributed by atoms with E-state index >= 15 is 0 Å². The van der Waals surface area contributed by atoms with Crippen LogP contribution in [0, 0.1) is 5.82 Å². The Kier molecular flexibility index (Phi) is 4.00. The van der Waals surface area contributed by atoms with Crippen LogP contribution < -0.4 is 16.0 Å². The first kappa shape index (κ1) is 13.1. The fraction of sp³-hybridized carbons (Fsp3) is 0.167. The number of halogens is 2. The highest BCUT2D eigenvalue weighted by Gasteiger charge is 2.18. The van der Waals surface area contributed by atoms with Crippen molar-refractivity contribution in [1.29, 1.82) is 0 Å². The number of nitrogens with two attached hydrogens (primary N) is 1. The highest BCUT2D eigenvalue weighted by Crippen LogP contribution is 2.28. The van der Waals surface area contributed by atoms with Crippen LogP contribution >= 0.6 is 15.9 Å². The van der Waals surface area contributed by atoms with Gasteiger partial charge in [-0.3, -0.25) is 5.84 Å². The average molecular weight is 315 g/mol. The maximum atomic E-state index is 13.6. The van der Waals surface area contributed by atoms with Crippen molar-refractivity contribution in [2.45, 2.75) is 6.04 Å². The van der Waals surface area contributed by atoms with Crippen LogP contribution in [0.25, 0.3) is 0 Å². The molecule has 2 rings (SSSR count). The number of hydrazine groups is 1. The second kappa shape index (κ2) is 5.51. The maximum absolute atomic E-state index is 13.6. The number of hydrogen-bond acceptors (Lipinski definition) is 4. The molecule has 0 aliphatic rings. The molecular weight excluding hydrogens is 303 g/mol. The van der Waals surface area contributed by atoms with Crippen molar-refractivity contribution in [3.8, 4) is 5.75 Å². The van der Waals surface area contributed by atoms with E-state index in [9.17, 15) is 4.39 Å². The van der Waals surface area contributed by atoms with Crippen LogP contribution in [0.1, 0.15) is 17.4 Å². The predicted octanol–water partition coefficient (Wildman–Crippen LogP) is 2.74. The lowest BCUT2D eigenvalue weighted by atomic mass is 10.0. The zero-order valence-electron chi connectivity index (χ0n) is 9.61. The van der Waals surface area contributed by atoms with Crippen molar-refractivity contribution in [3.05, 3.63) is 52.1 Å². The molecule has 96 valence electrons. The van der Waals surface area contributed by atoms with Crippen LogP contribution in [-0.4, -0.2) is 7.11 Å². The summed E-state index contributed by atoms with van der Waals surface area (Å²) < 4.78 is 24.5. The number of nitrogens with one attached hydrogen (secondary N) is 1. The standard InChI is InChI=1S/C12H12BrFN2O2/c1-17-9-3-2-7(6-8(9)14)12(16-15)10-4-5-11(13)18-10/h2-6,12,16H,15H2,1H3. The van der Waals surface area contributed by atoms with Gasteiger partial charge in [-0.25, -0.2) is 9.82 Å². The van der Waals surface area contributed by atoms with Gasteiger partial charge in [0.1, 0.15) is 11.8 Å². The molecule has 0 saturated carbocycles. The molecule has 0 fully saturated rings. The van der Waals surface area contributed by atoms with Crippen LogP contribution in [0.2, 0.25) is 0 Å². The monoisotopic (exact) mass is 314 g/mol. The third kappa shape index (κ3) is 2.55. The molecule has 2 aromatic rings. The predicted molar refractivity (Wildman–Crippen MR) is 68.5 cm³/mol. The molecule has 1 aromatic heterocycles. The van der Waals surface area contributed by atoms with Gasteiger partial charge in [0.25, 0.3) is 0 Å². The Morgan fingerprint density at radius 1 is 1.39 bits per heavy atom. The van der Waals surface area contributed by atoms with Gasteiger partial charge < -0.3 is 9.15 Å². The summed E-state index contributed by atoms with van der Waals surface area (Å²) in [4.78, 5) is 0. The zero-order chi connectivity index (χ0) is 13.1. The average Bonchev–Trinajstić information content (AvgIpc) is 2.77. The first-order valence-corrected chi connectivity index (χ1v) is 6.00. The molecule has 1 aromatic carbocycles. The summed E-state index contributed by atoms with van der Waals surface area (Å²) in [6.45, 7) is 0. The number of rotatable bonds is 4. The number of furan rings is 1. The first-order chi connectivity index (χ1) is 8.65. The normalized spacial score (nSPS) is 12.4. The lowest BCUT2D eigenvalue weighted by molar-refractivity contribution is 0.384. The van der Waals surface area contributed by atoms with Crippen molar-refractivity contribution in [2.24, 2.45) is 5.84 Å². The van der Waals surface area contributed by atoms with Crippen molar-refractivity contribution in [1.82, 2.24) is 5.43 Å². The van der Waals surface area contributed by atoms with Crippen molar-refractivity contribution in [2.75, 3.05) is 7.11 Å². The maximum Gasteiger partial charge on any atom is 0.169 e. The number of hydrogen-bond donors (Lipinski definition) is 2. The minimum Gasteiger partial charge on any atom is -0.494 e. The molecule has 0 saturated heterocycles. The molecule has 18 heavy (non-hydrogen) atoms. The Bertz CT molecular complexity index is 545. The second-order valence-electron chi connectivity index (χ2n) is 3.64. The van der Waals surface area contributed by atoms with E-state index in [1.54, 1.807) is 24.3 Å². The minimum atomic E-state index is -0.444.